The smallest absolute Gasteiger partial charge is 0.254 e. The summed E-state index contributed by atoms with van der Waals surface area (Å²) in [6.45, 7) is 5.51. The average Bonchev–Trinajstić information content (AvgIpc) is 2.79. The van der Waals surface area contributed by atoms with Gasteiger partial charge in [-0.2, -0.15) is 4.31 Å². The molecule has 2 aromatic carbocycles. The van der Waals surface area contributed by atoms with Crippen molar-refractivity contribution in [3.05, 3.63) is 65.7 Å². The van der Waals surface area contributed by atoms with Crippen molar-refractivity contribution in [2.75, 3.05) is 39.8 Å². The Morgan fingerprint density at radius 3 is 2.19 bits per heavy atom. The predicted octanol–water partition coefficient (Wildman–Crippen LogP) is 3.24. The van der Waals surface area contributed by atoms with Gasteiger partial charge in [0.15, 0.2) is 0 Å². The molecule has 0 spiro atoms. The summed E-state index contributed by atoms with van der Waals surface area (Å²) in [5.41, 5.74) is 1.64. The molecule has 166 valence electrons. The summed E-state index contributed by atoms with van der Waals surface area (Å²) in [5, 5.41) is 0. The van der Waals surface area contributed by atoms with Crippen LogP contribution in [0.25, 0.3) is 0 Å². The summed E-state index contributed by atoms with van der Waals surface area (Å²) >= 11 is 0. The Kier molecular flexibility index (Phi) is 6.46. The summed E-state index contributed by atoms with van der Waals surface area (Å²) in [7, 11) is -1.44. The molecule has 2 saturated heterocycles. The van der Waals surface area contributed by atoms with Crippen LogP contribution < -0.4 is 0 Å². The summed E-state index contributed by atoms with van der Waals surface area (Å²) in [6.07, 6.45) is 1.78. The molecule has 2 aromatic rings. The summed E-state index contributed by atoms with van der Waals surface area (Å²) < 4.78 is 27.5. The molecule has 31 heavy (non-hydrogen) atoms. The highest BCUT2D eigenvalue weighted by Crippen LogP contribution is 2.28. The molecular formula is C24H31N3O3S. The van der Waals surface area contributed by atoms with Gasteiger partial charge in [0.05, 0.1) is 10.9 Å². The van der Waals surface area contributed by atoms with Crippen LogP contribution in [0.5, 0.6) is 0 Å². The van der Waals surface area contributed by atoms with E-state index in [2.05, 4.69) is 31.0 Å². The van der Waals surface area contributed by atoms with Crippen molar-refractivity contribution in [2.45, 2.75) is 30.7 Å². The third-order valence-corrected chi connectivity index (χ3v) is 8.42. The van der Waals surface area contributed by atoms with Crippen molar-refractivity contribution in [2.24, 2.45) is 5.92 Å². The Labute approximate surface area is 185 Å². The second-order valence-electron chi connectivity index (χ2n) is 8.80. The zero-order valence-electron chi connectivity index (χ0n) is 18.3. The Hall–Kier alpha value is -2.22. The van der Waals surface area contributed by atoms with Gasteiger partial charge in [-0.3, -0.25) is 4.79 Å². The number of benzene rings is 2. The van der Waals surface area contributed by atoms with E-state index < -0.39 is 10.0 Å². The van der Waals surface area contributed by atoms with Crippen molar-refractivity contribution in [1.29, 1.82) is 0 Å². The molecule has 1 amide bonds. The van der Waals surface area contributed by atoms with E-state index >= 15 is 0 Å². The van der Waals surface area contributed by atoms with E-state index in [4.69, 9.17) is 0 Å². The number of carbonyl (C=O) groups excluding carboxylic acids is 1. The first-order chi connectivity index (χ1) is 14.9. The number of piperazine rings is 1. The maximum Gasteiger partial charge on any atom is 0.254 e. The normalized spacial score (nSPS) is 21.9. The highest BCUT2D eigenvalue weighted by atomic mass is 32.2. The second kappa shape index (κ2) is 9.10. The van der Waals surface area contributed by atoms with Gasteiger partial charge >= 0.3 is 0 Å². The maximum atomic E-state index is 13.3. The van der Waals surface area contributed by atoms with Crippen LogP contribution >= 0.6 is 0 Å². The number of nitrogens with zero attached hydrogens (tertiary/aromatic N) is 3. The molecule has 0 aliphatic carbocycles. The fourth-order valence-corrected chi connectivity index (χ4v) is 5.90. The minimum atomic E-state index is -3.51. The molecule has 2 fully saturated rings. The van der Waals surface area contributed by atoms with Crippen LogP contribution in [0, 0.1) is 5.92 Å². The highest BCUT2D eigenvalue weighted by Gasteiger charge is 2.32. The Balaban J connectivity index is 1.53. The van der Waals surface area contributed by atoms with Crippen LogP contribution in [0.3, 0.4) is 0 Å². The molecule has 4 rings (SSSR count). The molecule has 0 unspecified atom stereocenters. The molecule has 7 heteroatoms. The minimum Gasteiger partial charge on any atom is -0.329 e. The van der Waals surface area contributed by atoms with E-state index in [0.29, 0.717) is 31.1 Å². The number of amides is 1. The third kappa shape index (κ3) is 4.68. The molecule has 2 aliphatic rings. The Morgan fingerprint density at radius 1 is 0.903 bits per heavy atom. The number of carbonyl (C=O) groups is 1. The molecule has 0 bridgehead atoms. The first kappa shape index (κ1) is 22.0. The van der Waals surface area contributed by atoms with Crippen molar-refractivity contribution in [3.8, 4) is 0 Å². The van der Waals surface area contributed by atoms with Crippen molar-refractivity contribution >= 4 is 15.9 Å². The molecule has 0 N–H and O–H groups in total. The summed E-state index contributed by atoms with van der Waals surface area (Å²) in [4.78, 5) is 17.7. The Bertz CT molecular complexity index is 1000. The topological polar surface area (TPSA) is 60.9 Å². The monoisotopic (exact) mass is 441 g/mol. The fourth-order valence-electron chi connectivity index (χ4n) is 4.43. The van der Waals surface area contributed by atoms with Gasteiger partial charge < -0.3 is 9.80 Å². The van der Waals surface area contributed by atoms with Crippen LogP contribution in [-0.2, 0) is 10.0 Å². The van der Waals surface area contributed by atoms with Gasteiger partial charge in [-0.05, 0) is 55.6 Å². The van der Waals surface area contributed by atoms with Gasteiger partial charge in [0.25, 0.3) is 5.91 Å². The third-order valence-electron chi connectivity index (χ3n) is 6.51. The standard InChI is InChI=1S/C24H31N3O3S/c1-19-12-14-26(15-13-19)31(29,30)22-10-8-21(9-11-22)24(28)27-17-16-25(2)18-23(27)20-6-4-3-5-7-20/h3-11,19,23H,12-18H2,1-2H3/t23-/m0/s1. The lowest BCUT2D eigenvalue weighted by molar-refractivity contribution is 0.0498. The van der Waals surface area contributed by atoms with Gasteiger partial charge in [-0.1, -0.05) is 37.3 Å². The van der Waals surface area contributed by atoms with Crippen molar-refractivity contribution in [3.63, 3.8) is 0 Å². The lowest BCUT2D eigenvalue weighted by Gasteiger charge is -2.40. The molecule has 6 nitrogen and oxygen atoms in total. The summed E-state index contributed by atoms with van der Waals surface area (Å²) in [6, 6.07) is 16.5. The highest BCUT2D eigenvalue weighted by molar-refractivity contribution is 7.89. The number of hydrogen-bond donors (Lipinski definition) is 0. The van der Waals surface area contributed by atoms with Crippen LogP contribution in [0.15, 0.2) is 59.5 Å². The molecule has 2 heterocycles. The first-order valence-corrected chi connectivity index (χ1v) is 12.4. The predicted molar refractivity (Wildman–Crippen MR) is 121 cm³/mol. The number of rotatable bonds is 4. The number of hydrogen-bond acceptors (Lipinski definition) is 4. The SMILES string of the molecule is CC1CCN(S(=O)(=O)c2ccc(C(=O)N3CCN(C)C[C@H]3c3ccccc3)cc2)CC1. The molecular weight excluding hydrogens is 410 g/mol. The number of likely N-dealkylation sites (N-methyl/N-ethyl adjacent to an activating group) is 1. The fraction of sp³-hybridized carbons (Fsp3) is 0.458. The lowest BCUT2D eigenvalue weighted by Crippen LogP contribution is -2.49. The molecule has 2 aliphatic heterocycles. The van der Waals surface area contributed by atoms with Gasteiger partial charge in [0.1, 0.15) is 0 Å². The summed E-state index contributed by atoms with van der Waals surface area (Å²) in [5.74, 6) is 0.505. The van der Waals surface area contributed by atoms with Gasteiger partial charge in [0.2, 0.25) is 10.0 Å². The van der Waals surface area contributed by atoms with E-state index in [1.54, 1.807) is 28.6 Å². The molecule has 0 radical (unpaired) electrons. The largest absolute Gasteiger partial charge is 0.329 e. The van der Waals surface area contributed by atoms with Gasteiger partial charge in [-0.25, -0.2) is 8.42 Å². The van der Waals surface area contributed by atoms with E-state index in [0.717, 1.165) is 31.5 Å². The molecule has 0 saturated carbocycles. The number of piperidine rings is 1. The van der Waals surface area contributed by atoms with Gasteiger partial charge in [-0.15, -0.1) is 0 Å². The minimum absolute atomic E-state index is 0.0220. The van der Waals surface area contributed by atoms with E-state index in [-0.39, 0.29) is 16.8 Å². The van der Waals surface area contributed by atoms with Crippen molar-refractivity contribution < 1.29 is 13.2 Å². The average molecular weight is 442 g/mol. The van der Waals surface area contributed by atoms with Crippen LogP contribution in [0.4, 0.5) is 0 Å². The van der Waals surface area contributed by atoms with Crippen LogP contribution in [0.2, 0.25) is 0 Å². The first-order valence-electron chi connectivity index (χ1n) is 11.0. The second-order valence-corrected chi connectivity index (χ2v) is 10.7. The van der Waals surface area contributed by atoms with Gasteiger partial charge in [0, 0.05) is 38.3 Å². The van der Waals surface area contributed by atoms with Crippen LogP contribution in [-0.4, -0.2) is 68.2 Å². The maximum absolute atomic E-state index is 13.3. The quantitative estimate of drug-likeness (QED) is 0.731. The molecule has 0 aromatic heterocycles. The zero-order valence-corrected chi connectivity index (χ0v) is 19.1. The van der Waals surface area contributed by atoms with Crippen molar-refractivity contribution in [1.82, 2.24) is 14.1 Å². The van der Waals surface area contributed by atoms with E-state index in [9.17, 15) is 13.2 Å². The Morgan fingerprint density at radius 2 is 1.55 bits per heavy atom. The lowest BCUT2D eigenvalue weighted by atomic mass is 10.0. The van der Waals surface area contributed by atoms with E-state index in [1.807, 2.05) is 23.1 Å². The van der Waals surface area contributed by atoms with E-state index in [1.165, 1.54) is 0 Å². The number of sulfonamides is 1. The zero-order chi connectivity index (χ0) is 22.0. The molecule has 1 atom stereocenters. The van der Waals surface area contributed by atoms with Crippen LogP contribution in [0.1, 0.15) is 41.7 Å².